The summed E-state index contributed by atoms with van der Waals surface area (Å²) in [5.41, 5.74) is 0. The molecule has 4 N–H and O–H groups in total. The maximum Gasteiger partial charge on any atom is 0.305 e. The number of aliphatic carboxylic acids is 4. The van der Waals surface area contributed by atoms with Crippen molar-refractivity contribution in [2.24, 2.45) is 0 Å². The Morgan fingerprint density at radius 3 is 1.16 bits per heavy atom. The third kappa shape index (κ3) is 29.0. The van der Waals surface area contributed by atoms with E-state index in [0.717, 1.165) is 12.8 Å². The minimum absolute atomic E-state index is 0.0628. The molecule has 0 aliphatic carbocycles. The van der Waals surface area contributed by atoms with Gasteiger partial charge in [-0.05, 0) is 38.5 Å². The van der Waals surface area contributed by atoms with Crippen LogP contribution >= 0.6 is 0 Å². The van der Waals surface area contributed by atoms with Crippen molar-refractivity contribution in [1.82, 2.24) is 0 Å². The molecule has 0 spiro atoms. The molecule has 12 nitrogen and oxygen atoms in total. The van der Waals surface area contributed by atoms with Gasteiger partial charge in [0, 0.05) is 25.7 Å². The summed E-state index contributed by atoms with van der Waals surface area (Å²) in [4.78, 5) is 61.2. The lowest BCUT2D eigenvalue weighted by Crippen LogP contribution is -2.11. The second-order valence-electron chi connectivity index (χ2n) is 6.64. The fourth-order valence-corrected chi connectivity index (χ4v) is 2.03. The van der Waals surface area contributed by atoms with Crippen molar-refractivity contribution < 1.29 is 58.7 Å². The highest BCUT2D eigenvalue weighted by atomic mass is 16.5. The van der Waals surface area contributed by atoms with Gasteiger partial charge in [0.1, 0.15) is 0 Å². The van der Waals surface area contributed by atoms with Gasteiger partial charge in [-0.15, -0.1) is 0 Å². The fourth-order valence-electron chi connectivity index (χ4n) is 2.03. The average molecular weight is 464 g/mol. The van der Waals surface area contributed by atoms with E-state index in [4.69, 9.17) is 29.9 Å². The summed E-state index contributed by atoms with van der Waals surface area (Å²) in [6.07, 6.45) is 4.18. The van der Waals surface area contributed by atoms with E-state index in [1.54, 1.807) is 0 Å². The third-order valence-corrected chi connectivity index (χ3v) is 3.66. The minimum Gasteiger partial charge on any atom is -0.481 e. The second-order valence-corrected chi connectivity index (χ2v) is 6.64. The quantitative estimate of drug-likeness (QED) is 0.301. The Labute approximate surface area is 185 Å². The van der Waals surface area contributed by atoms with Crippen LogP contribution in [0.3, 0.4) is 0 Å². The third-order valence-electron chi connectivity index (χ3n) is 3.66. The van der Waals surface area contributed by atoms with Crippen molar-refractivity contribution in [2.75, 3.05) is 13.2 Å². The van der Waals surface area contributed by atoms with Crippen molar-refractivity contribution in [3.05, 3.63) is 0 Å². The maximum absolute atomic E-state index is 11.0. The van der Waals surface area contributed by atoms with E-state index >= 15 is 0 Å². The number of carboxylic acid groups (broad SMARTS) is 4. The molecule has 1 heterocycles. The first-order chi connectivity index (χ1) is 15.0. The van der Waals surface area contributed by atoms with Crippen molar-refractivity contribution >= 4 is 35.8 Å². The molecular weight excluding hydrogens is 432 g/mol. The highest BCUT2D eigenvalue weighted by molar-refractivity contribution is 5.75. The van der Waals surface area contributed by atoms with E-state index in [1.807, 2.05) is 0 Å². The highest BCUT2D eigenvalue weighted by Gasteiger charge is 2.07. The minimum atomic E-state index is -1.08. The molecular formula is C20H32O12. The van der Waals surface area contributed by atoms with E-state index in [0.29, 0.717) is 51.7 Å². The Bertz CT molecular complexity index is 547. The molecule has 0 atom stereocenters. The van der Waals surface area contributed by atoms with Gasteiger partial charge in [0.25, 0.3) is 0 Å². The monoisotopic (exact) mass is 464 g/mol. The largest absolute Gasteiger partial charge is 0.481 e. The van der Waals surface area contributed by atoms with Gasteiger partial charge in [0.2, 0.25) is 0 Å². The van der Waals surface area contributed by atoms with E-state index in [2.05, 4.69) is 0 Å². The Morgan fingerprint density at radius 2 is 0.875 bits per heavy atom. The van der Waals surface area contributed by atoms with Gasteiger partial charge >= 0.3 is 35.8 Å². The lowest BCUT2D eigenvalue weighted by atomic mass is 10.2. The summed E-state index contributed by atoms with van der Waals surface area (Å²) in [6.45, 7) is 0.882. The first-order valence-electron chi connectivity index (χ1n) is 10.2. The highest BCUT2D eigenvalue weighted by Crippen LogP contribution is 2.05. The number of ether oxygens (including phenoxy) is 2. The molecule has 0 amide bonds. The maximum atomic E-state index is 11.0. The smallest absolute Gasteiger partial charge is 0.305 e. The van der Waals surface area contributed by atoms with Crippen LogP contribution in [-0.2, 0) is 38.2 Å². The van der Waals surface area contributed by atoms with E-state index < -0.39 is 23.9 Å². The molecule has 0 saturated carbocycles. The molecule has 0 bridgehead atoms. The summed E-state index contributed by atoms with van der Waals surface area (Å²) in [7, 11) is 0. The summed E-state index contributed by atoms with van der Waals surface area (Å²) in [5.74, 6) is -4.20. The molecule has 0 radical (unpaired) electrons. The van der Waals surface area contributed by atoms with Crippen molar-refractivity contribution in [2.45, 2.75) is 77.0 Å². The van der Waals surface area contributed by atoms with Gasteiger partial charge in [0.15, 0.2) is 0 Å². The number of carbonyl (C=O) groups is 6. The molecule has 32 heavy (non-hydrogen) atoms. The number of hydrogen-bond acceptors (Lipinski definition) is 8. The molecule has 1 aliphatic heterocycles. The molecule has 1 rings (SSSR count). The van der Waals surface area contributed by atoms with Crippen LogP contribution in [0.5, 0.6) is 0 Å². The number of carbonyl (C=O) groups excluding carboxylic acids is 2. The predicted molar refractivity (Wildman–Crippen MR) is 108 cm³/mol. The SMILES string of the molecule is O=C(O)CCC(=O)O.O=C(O)CCCCC(=O)O.O=C1CCCCC(=O)OCCCCO1. The van der Waals surface area contributed by atoms with E-state index in [1.165, 1.54) is 0 Å². The molecule has 12 heteroatoms. The van der Waals surface area contributed by atoms with E-state index in [9.17, 15) is 28.8 Å². The zero-order chi connectivity index (χ0) is 24.8. The zero-order valence-corrected chi connectivity index (χ0v) is 18.0. The van der Waals surface area contributed by atoms with Crippen LogP contribution in [0.2, 0.25) is 0 Å². The van der Waals surface area contributed by atoms with Crippen LogP contribution in [0.4, 0.5) is 0 Å². The molecule has 1 fully saturated rings. The Balaban J connectivity index is 0. The van der Waals surface area contributed by atoms with Crippen LogP contribution < -0.4 is 0 Å². The Kier molecular flexibility index (Phi) is 20.4. The van der Waals surface area contributed by atoms with Gasteiger partial charge in [0.05, 0.1) is 26.1 Å². The Hall–Kier alpha value is -3.18. The number of rotatable bonds is 8. The lowest BCUT2D eigenvalue weighted by molar-refractivity contribution is -0.147. The first kappa shape index (κ1) is 31.0. The first-order valence-corrected chi connectivity index (χ1v) is 10.2. The van der Waals surface area contributed by atoms with Crippen molar-refractivity contribution in [3.63, 3.8) is 0 Å². The Morgan fingerprint density at radius 1 is 0.562 bits per heavy atom. The topological polar surface area (TPSA) is 202 Å². The van der Waals surface area contributed by atoms with Crippen LogP contribution in [0, 0.1) is 0 Å². The number of unbranched alkanes of at least 4 members (excludes halogenated alkanes) is 1. The van der Waals surface area contributed by atoms with Gasteiger partial charge in [-0.25, -0.2) is 0 Å². The van der Waals surface area contributed by atoms with Gasteiger partial charge in [-0.2, -0.15) is 0 Å². The predicted octanol–water partition coefficient (Wildman–Crippen LogP) is 2.08. The molecule has 0 aromatic heterocycles. The summed E-state index contributed by atoms with van der Waals surface area (Å²) in [5, 5.41) is 32.1. The lowest BCUT2D eigenvalue weighted by Gasteiger charge is -2.08. The molecule has 0 aromatic carbocycles. The normalized spacial score (nSPS) is 14.4. The van der Waals surface area contributed by atoms with Crippen molar-refractivity contribution in [3.8, 4) is 0 Å². The number of hydrogen-bond donors (Lipinski definition) is 4. The van der Waals surface area contributed by atoms with Crippen LogP contribution in [0.1, 0.15) is 77.0 Å². The summed E-state index contributed by atoms with van der Waals surface area (Å²) in [6, 6.07) is 0. The standard InChI is InChI=1S/C10H16O4.C6H10O4.C4H6O4/c11-9-5-1-2-6-10(12)14-8-4-3-7-13-9;7-5(8)3-1-2-4-6(9)10;5-3(6)1-2-4(7)8/h1-8H2;1-4H2,(H,7,8)(H,9,10);1-2H2,(H,5,6)(H,7,8). The van der Waals surface area contributed by atoms with Gasteiger partial charge < -0.3 is 29.9 Å². The van der Waals surface area contributed by atoms with Gasteiger partial charge in [-0.3, -0.25) is 28.8 Å². The molecule has 1 saturated heterocycles. The molecule has 184 valence electrons. The molecule has 0 unspecified atom stereocenters. The van der Waals surface area contributed by atoms with Crippen LogP contribution in [-0.4, -0.2) is 69.5 Å². The number of esters is 2. The second kappa shape index (κ2) is 21.1. The van der Waals surface area contributed by atoms with Gasteiger partial charge in [-0.1, -0.05) is 0 Å². The molecule has 1 aliphatic rings. The zero-order valence-electron chi connectivity index (χ0n) is 18.0. The van der Waals surface area contributed by atoms with Crippen LogP contribution in [0.15, 0.2) is 0 Å². The van der Waals surface area contributed by atoms with E-state index in [-0.39, 0.29) is 37.6 Å². The molecule has 0 aromatic rings. The van der Waals surface area contributed by atoms with Crippen molar-refractivity contribution in [1.29, 1.82) is 0 Å². The van der Waals surface area contributed by atoms with Crippen LogP contribution in [0.25, 0.3) is 0 Å². The number of carboxylic acids is 4. The summed E-state index contributed by atoms with van der Waals surface area (Å²) >= 11 is 0. The fraction of sp³-hybridized carbons (Fsp3) is 0.700. The summed E-state index contributed by atoms with van der Waals surface area (Å²) < 4.78 is 9.92. The number of cyclic esters (lactones) is 2. The average Bonchev–Trinajstić information content (AvgIpc) is 2.69.